The molecule has 0 radical (unpaired) electrons. The van der Waals surface area contributed by atoms with Crippen LogP contribution in [-0.2, 0) is 27.9 Å². The molecule has 2 N–H and O–H groups in total. The van der Waals surface area contributed by atoms with Crippen LogP contribution in [0.4, 0.5) is 0 Å². The average molecular weight is 339 g/mol. The van der Waals surface area contributed by atoms with E-state index in [0.29, 0.717) is 6.54 Å². The maximum atomic E-state index is 11.9. The number of hydrogen-bond acceptors (Lipinski definition) is 4. The van der Waals surface area contributed by atoms with Gasteiger partial charge in [0.25, 0.3) is 0 Å². The number of benzene rings is 1. The van der Waals surface area contributed by atoms with Gasteiger partial charge in [0.2, 0.25) is 15.9 Å². The number of rotatable bonds is 7. The summed E-state index contributed by atoms with van der Waals surface area (Å²) >= 11 is 0. The number of likely N-dealkylation sites (tertiary alicyclic amines) is 1. The van der Waals surface area contributed by atoms with E-state index in [1.165, 1.54) is 25.3 Å². The predicted octanol–water partition coefficient (Wildman–Crippen LogP) is 0.836. The molecule has 1 fully saturated rings. The topological polar surface area (TPSA) is 78.5 Å². The zero-order valence-corrected chi connectivity index (χ0v) is 14.5. The van der Waals surface area contributed by atoms with Crippen molar-refractivity contribution >= 4 is 15.9 Å². The number of nitrogens with zero attached hydrogens (tertiary/aromatic N) is 1. The predicted molar refractivity (Wildman–Crippen MR) is 90.2 cm³/mol. The lowest BCUT2D eigenvalue weighted by atomic mass is 10.1. The van der Waals surface area contributed by atoms with Gasteiger partial charge in [0.05, 0.1) is 12.3 Å². The second kappa shape index (κ2) is 7.90. The molecule has 0 aromatic heterocycles. The highest BCUT2D eigenvalue weighted by Crippen LogP contribution is 2.13. The molecule has 1 amide bonds. The van der Waals surface area contributed by atoms with E-state index in [1.807, 2.05) is 12.1 Å². The fourth-order valence-electron chi connectivity index (χ4n) is 2.75. The smallest absolute Gasteiger partial charge is 0.238 e. The molecule has 7 heteroatoms. The van der Waals surface area contributed by atoms with Crippen LogP contribution in [0.25, 0.3) is 0 Å². The van der Waals surface area contributed by atoms with Crippen molar-refractivity contribution in [3.63, 3.8) is 0 Å². The monoisotopic (exact) mass is 339 g/mol. The standard InChI is InChI=1S/C16H25N3O3S/c1-13(18-23(2,21)22)16(20)17-11-14-6-5-7-15(10-14)12-19-8-3-4-9-19/h5-7,10,13,18H,3-4,8-9,11-12H2,1-2H3,(H,17,20)/t13-/m1/s1. The minimum atomic E-state index is -3.39. The molecule has 1 aliphatic rings. The molecule has 6 nitrogen and oxygen atoms in total. The van der Waals surface area contributed by atoms with Gasteiger partial charge < -0.3 is 5.32 Å². The second-order valence-electron chi connectivity index (χ2n) is 6.13. The highest BCUT2D eigenvalue weighted by atomic mass is 32.2. The van der Waals surface area contributed by atoms with Crippen molar-refractivity contribution in [2.75, 3.05) is 19.3 Å². The normalized spacial score (nSPS) is 17.1. The zero-order chi connectivity index (χ0) is 16.9. The molecule has 0 aliphatic carbocycles. The van der Waals surface area contributed by atoms with Crippen molar-refractivity contribution in [1.29, 1.82) is 0 Å². The van der Waals surface area contributed by atoms with Gasteiger partial charge in [-0.25, -0.2) is 13.1 Å². The number of amides is 1. The Morgan fingerprint density at radius 2 is 1.91 bits per heavy atom. The van der Waals surface area contributed by atoms with Gasteiger partial charge in [-0.1, -0.05) is 24.3 Å². The lowest BCUT2D eigenvalue weighted by molar-refractivity contribution is -0.122. The van der Waals surface area contributed by atoms with Gasteiger partial charge in [-0.3, -0.25) is 9.69 Å². The Bertz CT molecular complexity index is 640. The Balaban J connectivity index is 1.86. The average Bonchev–Trinajstić information content (AvgIpc) is 2.96. The van der Waals surface area contributed by atoms with Gasteiger partial charge in [0, 0.05) is 13.1 Å². The largest absolute Gasteiger partial charge is 0.351 e. The van der Waals surface area contributed by atoms with E-state index in [1.54, 1.807) is 0 Å². The zero-order valence-electron chi connectivity index (χ0n) is 13.7. The first-order chi connectivity index (χ1) is 10.8. The molecule has 1 aromatic rings. The number of carbonyl (C=O) groups is 1. The summed E-state index contributed by atoms with van der Waals surface area (Å²) < 4.78 is 24.5. The molecular formula is C16H25N3O3S. The SMILES string of the molecule is C[C@@H](NS(C)(=O)=O)C(=O)NCc1cccc(CN2CCCC2)c1. The Kier molecular flexibility index (Phi) is 6.15. The molecule has 1 atom stereocenters. The summed E-state index contributed by atoms with van der Waals surface area (Å²) in [5, 5.41) is 2.76. The summed E-state index contributed by atoms with van der Waals surface area (Å²) in [6.07, 6.45) is 3.57. The van der Waals surface area contributed by atoms with Crippen molar-refractivity contribution < 1.29 is 13.2 Å². The van der Waals surface area contributed by atoms with Crippen LogP contribution in [-0.4, -0.2) is 44.6 Å². The third-order valence-corrected chi connectivity index (χ3v) is 4.63. The van der Waals surface area contributed by atoms with Crippen LogP contribution in [0.1, 0.15) is 30.9 Å². The molecule has 1 aromatic carbocycles. The van der Waals surface area contributed by atoms with Gasteiger partial charge in [-0.05, 0) is 44.0 Å². The summed E-state index contributed by atoms with van der Waals surface area (Å²) in [7, 11) is -3.39. The molecule has 2 rings (SSSR count). The third-order valence-electron chi connectivity index (χ3n) is 3.85. The first-order valence-electron chi connectivity index (χ1n) is 7.89. The Hall–Kier alpha value is -1.44. The summed E-state index contributed by atoms with van der Waals surface area (Å²) in [5.74, 6) is -0.333. The molecule has 1 heterocycles. The second-order valence-corrected chi connectivity index (χ2v) is 7.91. The minimum absolute atomic E-state index is 0.333. The lowest BCUT2D eigenvalue weighted by Crippen LogP contribution is -2.44. The third kappa shape index (κ3) is 6.29. The van der Waals surface area contributed by atoms with E-state index in [9.17, 15) is 13.2 Å². The first-order valence-corrected chi connectivity index (χ1v) is 9.78. The number of hydrogen-bond donors (Lipinski definition) is 2. The van der Waals surface area contributed by atoms with Gasteiger partial charge in [-0.2, -0.15) is 0 Å². The first kappa shape index (κ1) is 17.9. The van der Waals surface area contributed by atoms with E-state index in [2.05, 4.69) is 27.1 Å². The van der Waals surface area contributed by atoms with Crippen LogP contribution in [0.2, 0.25) is 0 Å². The number of carbonyl (C=O) groups excluding carboxylic acids is 1. The van der Waals surface area contributed by atoms with Crippen LogP contribution in [0.15, 0.2) is 24.3 Å². The molecule has 128 valence electrons. The Morgan fingerprint density at radius 3 is 2.57 bits per heavy atom. The van der Waals surface area contributed by atoms with E-state index >= 15 is 0 Å². The van der Waals surface area contributed by atoms with Gasteiger partial charge in [0.1, 0.15) is 0 Å². The molecule has 1 saturated heterocycles. The summed E-state index contributed by atoms with van der Waals surface area (Å²) in [6, 6.07) is 7.36. The van der Waals surface area contributed by atoms with E-state index in [-0.39, 0.29) is 5.91 Å². The van der Waals surface area contributed by atoms with Gasteiger partial charge in [-0.15, -0.1) is 0 Å². The molecular weight excluding hydrogens is 314 g/mol. The van der Waals surface area contributed by atoms with Crippen LogP contribution in [0.5, 0.6) is 0 Å². The fourth-order valence-corrected chi connectivity index (χ4v) is 3.50. The van der Waals surface area contributed by atoms with Crippen molar-refractivity contribution in [3.8, 4) is 0 Å². The van der Waals surface area contributed by atoms with Crippen molar-refractivity contribution in [1.82, 2.24) is 14.9 Å². The van der Waals surface area contributed by atoms with Crippen LogP contribution >= 0.6 is 0 Å². The molecule has 0 saturated carbocycles. The number of nitrogens with one attached hydrogen (secondary N) is 2. The van der Waals surface area contributed by atoms with Crippen LogP contribution in [0, 0.1) is 0 Å². The minimum Gasteiger partial charge on any atom is -0.351 e. The summed E-state index contributed by atoms with van der Waals surface area (Å²) in [5.41, 5.74) is 2.25. The summed E-state index contributed by atoms with van der Waals surface area (Å²) in [6.45, 7) is 5.15. The molecule has 1 aliphatic heterocycles. The van der Waals surface area contributed by atoms with Crippen molar-refractivity contribution in [3.05, 3.63) is 35.4 Å². The fraction of sp³-hybridized carbons (Fsp3) is 0.562. The highest BCUT2D eigenvalue weighted by Gasteiger charge is 2.16. The molecule has 0 bridgehead atoms. The Labute approximate surface area is 138 Å². The highest BCUT2D eigenvalue weighted by molar-refractivity contribution is 7.88. The van der Waals surface area contributed by atoms with Crippen LogP contribution < -0.4 is 10.0 Å². The quantitative estimate of drug-likeness (QED) is 0.771. The van der Waals surface area contributed by atoms with Gasteiger partial charge in [0.15, 0.2) is 0 Å². The molecule has 0 unspecified atom stereocenters. The van der Waals surface area contributed by atoms with Crippen molar-refractivity contribution in [2.45, 2.75) is 38.9 Å². The Morgan fingerprint density at radius 1 is 1.26 bits per heavy atom. The van der Waals surface area contributed by atoms with Gasteiger partial charge >= 0.3 is 0 Å². The van der Waals surface area contributed by atoms with E-state index in [0.717, 1.165) is 31.5 Å². The molecule has 23 heavy (non-hydrogen) atoms. The maximum Gasteiger partial charge on any atom is 0.238 e. The van der Waals surface area contributed by atoms with Crippen LogP contribution in [0.3, 0.4) is 0 Å². The van der Waals surface area contributed by atoms with E-state index in [4.69, 9.17) is 0 Å². The number of sulfonamides is 1. The molecule has 0 spiro atoms. The lowest BCUT2D eigenvalue weighted by Gasteiger charge is -2.16. The van der Waals surface area contributed by atoms with E-state index < -0.39 is 16.1 Å². The summed E-state index contributed by atoms with van der Waals surface area (Å²) in [4.78, 5) is 14.3. The maximum absolute atomic E-state index is 11.9. The van der Waals surface area contributed by atoms with Crippen molar-refractivity contribution in [2.24, 2.45) is 0 Å².